The average Bonchev–Trinajstić information content (AvgIpc) is 3.30. The van der Waals surface area contributed by atoms with Gasteiger partial charge in [-0.1, -0.05) is 44.2 Å². The molecule has 0 saturated carbocycles. The number of carbonyl (C=O) groups excluding carboxylic acids is 1. The quantitative estimate of drug-likeness (QED) is 0.373. The van der Waals surface area contributed by atoms with Crippen LogP contribution < -0.4 is 14.8 Å². The zero-order valence-electron chi connectivity index (χ0n) is 19.0. The van der Waals surface area contributed by atoms with Gasteiger partial charge < -0.3 is 14.8 Å². The van der Waals surface area contributed by atoms with Crippen molar-refractivity contribution in [3.63, 3.8) is 0 Å². The van der Waals surface area contributed by atoms with Gasteiger partial charge in [-0.05, 0) is 54.4 Å². The number of methoxy groups -OCH3 is 1. The Bertz CT molecular complexity index is 1220. The van der Waals surface area contributed by atoms with Gasteiger partial charge in [-0.25, -0.2) is 4.68 Å². The Kier molecular flexibility index (Phi) is 6.74. The minimum Gasteiger partial charge on any atom is -0.495 e. The van der Waals surface area contributed by atoms with E-state index in [-0.39, 0.29) is 5.91 Å². The Morgan fingerprint density at radius 3 is 2.36 bits per heavy atom. The summed E-state index contributed by atoms with van der Waals surface area (Å²) in [6, 6.07) is 24.7. The number of nitrogens with one attached hydrogen (secondary N) is 1. The molecule has 33 heavy (non-hydrogen) atoms. The molecule has 1 aromatic heterocycles. The second kappa shape index (κ2) is 10.0. The zero-order chi connectivity index (χ0) is 23.2. The second-order valence-electron chi connectivity index (χ2n) is 8.06. The predicted molar refractivity (Wildman–Crippen MR) is 130 cm³/mol. The van der Waals surface area contributed by atoms with E-state index in [9.17, 15) is 4.79 Å². The molecule has 0 radical (unpaired) electrons. The first kappa shape index (κ1) is 22.1. The molecule has 0 spiro atoms. The lowest BCUT2D eigenvalue weighted by atomic mass is 10.1. The highest BCUT2D eigenvalue weighted by Gasteiger charge is 2.20. The lowest BCUT2D eigenvalue weighted by Gasteiger charge is -2.10. The highest BCUT2D eigenvalue weighted by atomic mass is 16.5. The van der Waals surface area contributed by atoms with Crippen molar-refractivity contribution in [1.29, 1.82) is 0 Å². The Labute approximate surface area is 193 Å². The molecule has 0 unspecified atom stereocenters. The summed E-state index contributed by atoms with van der Waals surface area (Å²) in [7, 11) is 1.58. The smallest absolute Gasteiger partial charge is 0.259 e. The summed E-state index contributed by atoms with van der Waals surface area (Å²) in [5.74, 6) is 1.55. The molecule has 0 aliphatic heterocycles. The molecule has 0 aliphatic rings. The number of hydrogen-bond donors (Lipinski definition) is 1. The third-order valence-electron chi connectivity index (χ3n) is 5.05. The van der Waals surface area contributed by atoms with Gasteiger partial charge in [-0.15, -0.1) is 0 Å². The molecule has 0 fully saturated rings. The van der Waals surface area contributed by atoms with Crippen molar-refractivity contribution in [3.8, 4) is 28.4 Å². The molecule has 0 bridgehead atoms. The van der Waals surface area contributed by atoms with Gasteiger partial charge in [-0.3, -0.25) is 4.79 Å². The maximum atomic E-state index is 13.3. The normalized spacial score (nSPS) is 10.8. The molecule has 0 atom stereocenters. The van der Waals surface area contributed by atoms with Gasteiger partial charge in [0.25, 0.3) is 5.91 Å². The molecule has 0 aliphatic carbocycles. The Morgan fingerprint density at radius 2 is 1.67 bits per heavy atom. The third-order valence-corrected chi connectivity index (χ3v) is 5.05. The number of para-hydroxylation sites is 3. The number of aromatic nitrogens is 2. The number of hydrogen-bond acceptors (Lipinski definition) is 4. The summed E-state index contributed by atoms with van der Waals surface area (Å²) in [6.45, 7) is 4.86. The standard InChI is InChI=1S/C27H27N3O3/c1-19(2)18-33-22-15-13-20(14-16-22)26-23(17-30(29-26)21-9-5-4-6-10-21)27(31)28-24-11-7-8-12-25(24)32-3/h4-17,19H,18H2,1-3H3,(H,28,31). The largest absolute Gasteiger partial charge is 0.495 e. The molecular formula is C27H27N3O3. The van der Waals surface area contributed by atoms with Crippen LogP contribution in [0.25, 0.3) is 16.9 Å². The van der Waals surface area contributed by atoms with Gasteiger partial charge in [0.1, 0.15) is 17.2 Å². The topological polar surface area (TPSA) is 65.4 Å². The Morgan fingerprint density at radius 1 is 0.970 bits per heavy atom. The number of nitrogens with zero attached hydrogens (tertiary/aromatic N) is 2. The van der Waals surface area contributed by atoms with Crippen molar-refractivity contribution in [1.82, 2.24) is 9.78 Å². The van der Waals surface area contributed by atoms with Gasteiger partial charge in [0, 0.05) is 11.8 Å². The predicted octanol–water partition coefficient (Wildman–Crippen LogP) is 5.84. The highest BCUT2D eigenvalue weighted by Crippen LogP contribution is 2.29. The molecule has 6 heteroatoms. The molecular weight excluding hydrogens is 414 g/mol. The van der Waals surface area contributed by atoms with E-state index in [4.69, 9.17) is 14.6 Å². The van der Waals surface area contributed by atoms with Crippen LogP contribution in [0.4, 0.5) is 5.69 Å². The van der Waals surface area contributed by atoms with Crippen LogP contribution >= 0.6 is 0 Å². The lowest BCUT2D eigenvalue weighted by Crippen LogP contribution is -2.13. The van der Waals surface area contributed by atoms with Crippen LogP contribution in [0.3, 0.4) is 0 Å². The maximum absolute atomic E-state index is 13.3. The summed E-state index contributed by atoms with van der Waals surface area (Å²) < 4.78 is 12.9. The molecule has 4 aromatic rings. The van der Waals surface area contributed by atoms with Crippen molar-refractivity contribution < 1.29 is 14.3 Å². The minimum absolute atomic E-state index is 0.267. The lowest BCUT2D eigenvalue weighted by molar-refractivity contribution is 0.102. The molecule has 6 nitrogen and oxygen atoms in total. The molecule has 3 aromatic carbocycles. The zero-order valence-corrected chi connectivity index (χ0v) is 19.0. The van der Waals surface area contributed by atoms with Crippen LogP contribution in [0.5, 0.6) is 11.5 Å². The summed E-state index contributed by atoms with van der Waals surface area (Å²) >= 11 is 0. The summed E-state index contributed by atoms with van der Waals surface area (Å²) in [6.07, 6.45) is 1.75. The molecule has 4 rings (SSSR count). The first-order chi connectivity index (χ1) is 16.0. The van der Waals surface area contributed by atoms with Crippen molar-refractivity contribution in [2.24, 2.45) is 5.92 Å². The SMILES string of the molecule is COc1ccccc1NC(=O)c1cn(-c2ccccc2)nc1-c1ccc(OCC(C)C)cc1. The summed E-state index contributed by atoms with van der Waals surface area (Å²) in [5, 5.41) is 7.70. The van der Waals surface area contributed by atoms with E-state index in [2.05, 4.69) is 19.2 Å². The van der Waals surface area contributed by atoms with E-state index in [1.54, 1.807) is 30.1 Å². The van der Waals surface area contributed by atoms with Crippen LogP contribution in [-0.2, 0) is 0 Å². The fourth-order valence-corrected chi connectivity index (χ4v) is 3.38. The van der Waals surface area contributed by atoms with E-state index in [1.807, 2.05) is 66.7 Å². The van der Waals surface area contributed by atoms with Gasteiger partial charge in [0.15, 0.2) is 0 Å². The van der Waals surface area contributed by atoms with Gasteiger partial charge in [0.2, 0.25) is 0 Å². The van der Waals surface area contributed by atoms with E-state index >= 15 is 0 Å². The fraction of sp³-hybridized carbons (Fsp3) is 0.185. The summed E-state index contributed by atoms with van der Waals surface area (Å²) in [5.41, 5.74) is 3.34. The number of rotatable bonds is 8. The second-order valence-corrected chi connectivity index (χ2v) is 8.06. The van der Waals surface area contributed by atoms with Gasteiger partial charge in [0.05, 0.1) is 30.7 Å². The van der Waals surface area contributed by atoms with Gasteiger partial charge in [-0.2, -0.15) is 5.10 Å². The molecule has 0 saturated heterocycles. The van der Waals surface area contributed by atoms with Crippen molar-refractivity contribution in [2.75, 3.05) is 19.0 Å². The molecule has 1 amide bonds. The Hall–Kier alpha value is -4.06. The monoisotopic (exact) mass is 441 g/mol. The summed E-state index contributed by atoms with van der Waals surface area (Å²) in [4.78, 5) is 13.3. The van der Waals surface area contributed by atoms with Crippen molar-refractivity contribution >= 4 is 11.6 Å². The maximum Gasteiger partial charge on any atom is 0.259 e. The van der Waals surface area contributed by atoms with E-state index < -0.39 is 0 Å². The van der Waals surface area contributed by atoms with Crippen molar-refractivity contribution in [2.45, 2.75) is 13.8 Å². The number of anilines is 1. The highest BCUT2D eigenvalue weighted by molar-refractivity contribution is 6.08. The van der Waals surface area contributed by atoms with Crippen LogP contribution in [0.15, 0.2) is 85.1 Å². The first-order valence-electron chi connectivity index (χ1n) is 10.9. The van der Waals surface area contributed by atoms with E-state index in [1.165, 1.54) is 0 Å². The molecule has 168 valence electrons. The van der Waals surface area contributed by atoms with Gasteiger partial charge >= 0.3 is 0 Å². The average molecular weight is 442 g/mol. The number of benzene rings is 3. The first-order valence-corrected chi connectivity index (χ1v) is 10.9. The van der Waals surface area contributed by atoms with Crippen LogP contribution in [-0.4, -0.2) is 29.4 Å². The van der Waals surface area contributed by atoms with Crippen LogP contribution in [0, 0.1) is 5.92 Å². The number of ether oxygens (including phenoxy) is 2. The van der Waals surface area contributed by atoms with Crippen molar-refractivity contribution in [3.05, 3.63) is 90.6 Å². The molecule has 1 N–H and O–H groups in total. The van der Waals surface area contributed by atoms with E-state index in [0.29, 0.717) is 35.2 Å². The number of amides is 1. The third kappa shape index (κ3) is 5.23. The van der Waals surface area contributed by atoms with E-state index in [0.717, 1.165) is 17.0 Å². The van der Waals surface area contributed by atoms with Crippen LogP contribution in [0.2, 0.25) is 0 Å². The fourth-order valence-electron chi connectivity index (χ4n) is 3.38. The minimum atomic E-state index is -0.267. The number of carbonyl (C=O) groups is 1. The Balaban J connectivity index is 1.69. The molecule has 1 heterocycles. The van der Waals surface area contributed by atoms with Crippen LogP contribution in [0.1, 0.15) is 24.2 Å².